The molecule has 94 valence electrons. The Morgan fingerprint density at radius 2 is 1.81 bits per heavy atom. The topological polar surface area (TPSA) is 29.5 Å². The van der Waals surface area contributed by atoms with Gasteiger partial charge in [0.1, 0.15) is 0 Å². The van der Waals surface area contributed by atoms with Crippen molar-refractivity contribution in [3.8, 4) is 0 Å². The standard InChI is InChI=1S/C13H25NO2/c1-12(2,3)10(14(4)5)13(8-7-9-13)11(15)16-6/h10H,7-9H2,1-6H3. The van der Waals surface area contributed by atoms with Gasteiger partial charge in [0, 0.05) is 6.04 Å². The van der Waals surface area contributed by atoms with Gasteiger partial charge in [0.25, 0.3) is 0 Å². The summed E-state index contributed by atoms with van der Waals surface area (Å²) >= 11 is 0. The first kappa shape index (κ1) is 13.5. The summed E-state index contributed by atoms with van der Waals surface area (Å²) in [6, 6.07) is 0.237. The predicted molar refractivity (Wildman–Crippen MR) is 65.2 cm³/mol. The second-order valence-corrected chi connectivity index (χ2v) is 6.23. The summed E-state index contributed by atoms with van der Waals surface area (Å²) in [6.07, 6.45) is 3.05. The zero-order valence-corrected chi connectivity index (χ0v) is 11.5. The molecule has 1 aliphatic carbocycles. The Labute approximate surface area is 99.1 Å². The third-order valence-corrected chi connectivity index (χ3v) is 3.70. The maximum atomic E-state index is 12.1. The number of hydrogen-bond acceptors (Lipinski definition) is 3. The molecule has 1 atom stereocenters. The van der Waals surface area contributed by atoms with Crippen molar-refractivity contribution < 1.29 is 9.53 Å². The van der Waals surface area contributed by atoms with Crippen molar-refractivity contribution in [2.45, 2.75) is 46.1 Å². The normalized spacial score (nSPS) is 21.4. The van der Waals surface area contributed by atoms with Crippen LogP contribution in [-0.4, -0.2) is 38.1 Å². The highest BCUT2D eigenvalue weighted by atomic mass is 16.5. The van der Waals surface area contributed by atoms with Crippen molar-refractivity contribution in [3.05, 3.63) is 0 Å². The van der Waals surface area contributed by atoms with Crippen LogP contribution in [0.1, 0.15) is 40.0 Å². The molecule has 1 rings (SSSR count). The summed E-state index contributed by atoms with van der Waals surface area (Å²) in [6.45, 7) is 6.59. The molecule has 0 aliphatic heterocycles. The summed E-state index contributed by atoms with van der Waals surface area (Å²) in [5.41, 5.74) is -0.200. The van der Waals surface area contributed by atoms with Crippen LogP contribution in [0.25, 0.3) is 0 Å². The molecule has 1 fully saturated rings. The van der Waals surface area contributed by atoms with Gasteiger partial charge in [-0.15, -0.1) is 0 Å². The Hall–Kier alpha value is -0.570. The lowest BCUT2D eigenvalue weighted by molar-refractivity contribution is -0.169. The van der Waals surface area contributed by atoms with Gasteiger partial charge in [-0.25, -0.2) is 0 Å². The van der Waals surface area contributed by atoms with E-state index in [-0.39, 0.29) is 22.8 Å². The molecule has 0 aromatic rings. The molecule has 0 aromatic heterocycles. The van der Waals surface area contributed by atoms with Crippen LogP contribution in [0.15, 0.2) is 0 Å². The van der Waals surface area contributed by atoms with E-state index in [9.17, 15) is 4.79 Å². The minimum atomic E-state index is -0.281. The van der Waals surface area contributed by atoms with Crippen LogP contribution in [0.5, 0.6) is 0 Å². The summed E-state index contributed by atoms with van der Waals surface area (Å²) < 4.78 is 5.02. The molecule has 0 radical (unpaired) electrons. The minimum absolute atomic E-state index is 0.0348. The summed E-state index contributed by atoms with van der Waals surface area (Å²) in [5, 5.41) is 0. The maximum absolute atomic E-state index is 12.1. The first-order valence-corrected chi connectivity index (χ1v) is 6.00. The number of rotatable bonds is 3. The molecule has 1 unspecified atom stereocenters. The highest BCUT2D eigenvalue weighted by Crippen LogP contribution is 2.51. The van der Waals surface area contributed by atoms with Gasteiger partial charge in [-0.2, -0.15) is 0 Å². The third kappa shape index (κ3) is 2.10. The van der Waals surface area contributed by atoms with Crippen molar-refractivity contribution in [2.24, 2.45) is 10.8 Å². The molecule has 0 heterocycles. The second kappa shape index (κ2) is 4.36. The van der Waals surface area contributed by atoms with Crippen LogP contribution in [0.2, 0.25) is 0 Å². The molecular formula is C13H25NO2. The van der Waals surface area contributed by atoms with E-state index < -0.39 is 0 Å². The molecule has 0 aromatic carbocycles. The zero-order chi connectivity index (χ0) is 12.6. The molecule has 0 N–H and O–H groups in total. The van der Waals surface area contributed by atoms with Gasteiger partial charge in [-0.1, -0.05) is 27.2 Å². The van der Waals surface area contributed by atoms with Crippen molar-refractivity contribution in [2.75, 3.05) is 21.2 Å². The summed E-state index contributed by atoms with van der Waals surface area (Å²) in [5.74, 6) is -0.0348. The Bertz CT molecular complexity index is 262. The van der Waals surface area contributed by atoms with Crippen LogP contribution in [-0.2, 0) is 9.53 Å². The highest BCUT2D eigenvalue weighted by molar-refractivity contribution is 5.79. The third-order valence-electron chi connectivity index (χ3n) is 3.70. The van der Waals surface area contributed by atoms with E-state index >= 15 is 0 Å². The van der Waals surface area contributed by atoms with Crippen LogP contribution < -0.4 is 0 Å². The Morgan fingerprint density at radius 3 is 2.00 bits per heavy atom. The fraction of sp³-hybridized carbons (Fsp3) is 0.923. The number of esters is 1. The van der Waals surface area contributed by atoms with E-state index in [1.165, 1.54) is 7.11 Å². The van der Waals surface area contributed by atoms with Crippen molar-refractivity contribution >= 4 is 5.97 Å². The van der Waals surface area contributed by atoms with E-state index in [1.807, 2.05) is 0 Å². The second-order valence-electron chi connectivity index (χ2n) is 6.23. The van der Waals surface area contributed by atoms with E-state index in [1.54, 1.807) is 0 Å². The van der Waals surface area contributed by atoms with E-state index in [0.29, 0.717) is 0 Å². The van der Waals surface area contributed by atoms with Gasteiger partial charge in [0.2, 0.25) is 0 Å². The largest absolute Gasteiger partial charge is 0.469 e. The van der Waals surface area contributed by atoms with Gasteiger partial charge in [-0.3, -0.25) is 4.79 Å². The molecule has 0 saturated heterocycles. The average Bonchev–Trinajstić information content (AvgIpc) is 2.06. The molecule has 1 saturated carbocycles. The maximum Gasteiger partial charge on any atom is 0.313 e. The van der Waals surface area contributed by atoms with Crippen LogP contribution in [0.4, 0.5) is 0 Å². The molecular weight excluding hydrogens is 202 g/mol. The number of hydrogen-bond donors (Lipinski definition) is 0. The quantitative estimate of drug-likeness (QED) is 0.693. The molecule has 1 aliphatic rings. The van der Waals surface area contributed by atoms with Gasteiger partial charge in [-0.05, 0) is 32.4 Å². The highest BCUT2D eigenvalue weighted by Gasteiger charge is 2.55. The van der Waals surface area contributed by atoms with Gasteiger partial charge < -0.3 is 9.64 Å². The monoisotopic (exact) mass is 227 g/mol. The summed E-state index contributed by atoms with van der Waals surface area (Å²) in [7, 11) is 5.61. The number of nitrogens with zero attached hydrogens (tertiary/aromatic N) is 1. The van der Waals surface area contributed by atoms with Gasteiger partial charge in [0.15, 0.2) is 0 Å². The van der Waals surface area contributed by atoms with Crippen LogP contribution in [0, 0.1) is 10.8 Å². The molecule has 0 spiro atoms. The van der Waals surface area contributed by atoms with Crippen molar-refractivity contribution in [1.29, 1.82) is 0 Å². The molecule has 0 amide bonds. The van der Waals surface area contributed by atoms with Gasteiger partial charge in [0.05, 0.1) is 12.5 Å². The number of methoxy groups -OCH3 is 1. The first-order valence-electron chi connectivity index (χ1n) is 6.00. The van der Waals surface area contributed by atoms with Crippen molar-refractivity contribution in [1.82, 2.24) is 4.90 Å². The molecule has 0 bridgehead atoms. The smallest absolute Gasteiger partial charge is 0.313 e. The first-order chi connectivity index (χ1) is 7.25. The van der Waals surface area contributed by atoms with Crippen LogP contribution >= 0.6 is 0 Å². The lowest BCUT2D eigenvalue weighted by Crippen LogP contribution is -2.59. The zero-order valence-electron chi connectivity index (χ0n) is 11.5. The SMILES string of the molecule is COC(=O)C1(C(N(C)C)C(C)(C)C)CCC1. The van der Waals surface area contributed by atoms with E-state index in [2.05, 4.69) is 39.8 Å². The number of ether oxygens (including phenoxy) is 1. The van der Waals surface area contributed by atoms with E-state index in [0.717, 1.165) is 19.3 Å². The van der Waals surface area contributed by atoms with Crippen molar-refractivity contribution in [3.63, 3.8) is 0 Å². The Balaban J connectivity index is 3.04. The fourth-order valence-electron chi connectivity index (χ4n) is 3.45. The van der Waals surface area contributed by atoms with E-state index in [4.69, 9.17) is 4.74 Å². The fourth-order valence-corrected chi connectivity index (χ4v) is 3.45. The Morgan fingerprint density at radius 1 is 1.31 bits per heavy atom. The summed E-state index contributed by atoms with van der Waals surface area (Å²) in [4.78, 5) is 14.2. The number of carbonyl (C=O) groups is 1. The minimum Gasteiger partial charge on any atom is -0.469 e. The average molecular weight is 227 g/mol. The lowest BCUT2D eigenvalue weighted by Gasteiger charge is -2.52. The molecule has 3 heteroatoms. The lowest BCUT2D eigenvalue weighted by atomic mass is 9.57. The van der Waals surface area contributed by atoms with Crippen LogP contribution in [0.3, 0.4) is 0 Å². The Kier molecular flexibility index (Phi) is 3.68. The number of carbonyl (C=O) groups excluding carboxylic acids is 1. The molecule has 3 nitrogen and oxygen atoms in total. The van der Waals surface area contributed by atoms with Gasteiger partial charge >= 0.3 is 5.97 Å². The predicted octanol–water partition coefficient (Wildman–Crippen LogP) is 2.31. The molecule has 16 heavy (non-hydrogen) atoms.